The van der Waals surface area contributed by atoms with Crippen LogP contribution in [0.15, 0.2) is 4.47 Å². The van der Waals surface area contributed by atoms with E-state index in [1.165, 1.54) is 0 Å². The standard InChI is InChI=1S/C12H18BrN3O2S/c1-3-16-4-5-18-9(6-16)11-14-8(7-17-2)10(13)12(19)15-11/h9H,3-7H2,1-2H3,(H,14,15,19). The molecule has 0 saturated carbocycles. The van der Waals surface area contributed by atoms with Crippen LogP contribution in [-0.2, 0) is 16.1 Å². The first-order chi connectivity index (χ1) is 9.15. The van der Waals surface area contributed by atoms with Crippen LogP contribution in [0.5, 0.6) is 0 Å². The van der Waals surface area contributed by atoms with Gasteiger partial charge >= 0.3 is 0 Å². The van der Waals surface area contributed by atoms with Crippen molar-refractivity contribution in [1.82, 2.24) is 14.9 Å². The fourth-order valence-electron chi connectivity index (χ4n) is 2.08. The molecule has 1 atom stereocenters. The highest BCUT2D eigenvalue weighted by atomic mass is 79.9. The van der Waals surface area contributed by atoms with Gasteiger partial charge in [0.05, 0.1) is 23.4 Å². The lowest BCUT2D eigenvalue weighted by Gasteiger charge is -2.31. The number of nitrogens with zero attached hydrogens (tertiary/aromatic N) is 2. The van der Waals surface area contributed by atoms with Crippen molar-refractivity contribution in [2.75, 3.05) is 33.4 Å². The van der Waals surface area contributed by atoms with E-state index in [2.05, 4.69) is 37.7 Å². The Labute approximate surface area is 126 Å². The number of aromatic amines is 1. The lowest BCUT2D eigenvalue weighted by molar-refractivity contribution is -0.0328. The molecular weight excluding hydrogens is 330 g/mol. The monoisotopic (exact) mass is 347 g/mol. The Morgan fingerprint density at radius 2 is 2.42 bits per heavy atom. The van der Waals surface area contributed by atoms with E-state index < -0.39 is 0 Å². The number of methoxy groups -OCH3 is 1. The minimum Gasteiger partial charge on any atom is -0.378 e. The van der Waals surface area contributed by atoms with Crippen LogP contribution in [0, 0.1) is 4.64 Å². The first kappa shape index (κ1) is 15.1. The van der Waals surface area contributed by atoms with Crippen molar-refractivity contribution in [3.63, 3.8) is 0 Å². The predicted molar refractivity (Wildman–Crippen MR) is 78.6 cm³/mol. The third-order valence-electron chi connectivity index (χ3n) is 3.15. The lowest BCUT2D eigenvalue weighted by Crippen LogP contribution is -2.38. The van der Waals surface area contributed by atoms with Gasteiger partial charge in [0, 0.05) is 20.2 Å². The Bertz CT molecular complexity index is 494. The van der Waals surface area contributed by atoms with Gasteiger partial charge in [0.2, 0.25) is 0 Å². The van der Waals surface area contributed by atoms with Crippen molar-refractivity contribution < 1.29 is 9.47 Å². The summed E-state index contributed by atoms with van der Waals surface area (Å²) in [5.41, 5.74) is 0.898. The molecule has 7 heteroatoms. The average Bonchev–Trinajstić information content (AvgIpc) is 2.44. The molecule has 106 valence electrons. The molecule has 19 heavy (non-hydrogen) atoms. The second-order valence-electron chi connectivity index (χ2n) is 4.41. The molecule has 1 saturated heterocycles. The molecule has 0 aromatic carbocycles. The summed E-state index contributed by atoms with van der Waals surface area (Å²) in [5, 5.41) is 0. The number of nitrogens with one attached hydrogen (secondary N) is 1. The zero-order chi connectivity index (χ0) is 13.8. The molecule has 1 aromatic rings. The lowest BCUT2D eigenvalue weighted by atomic mass is 10.2. The van der Waals surface area contributed by atoms with Gasteiger partial charge in [-0.15, -0.1) is 0 Å². The molecule has 2 heterocycles. The van der Waals surface area contributed by atoms with Crippen molar-refractivity contribution in [3.05, 3.63) is 20.6 Å². The smallest absolute Gasteiger partial charge is 0.144 e. The van der Waals surface area contributed by atoms with Crippen LogP contribution in [0.25, 0.3) is 0 Å². The third-order valence-corrected chi connectivity index (χ3v) is 4.56. The average molecular weight is 348 g/mol. The summed E-state index contributed by atoms with van der Waals surface area (Å²) >= 11 is 8.70. The quantitative estimate of drug-likeness (QED) is 0.847. The Kier molecular flexibility index (Phi) is 5.47. The summed E-state index contributed by atoms with van der Waals surface area (Å²) in [7, 11) is 1.65. The first-order valence-corrected chi connectivity index (χ1v) is 7.47. The molecule has 0 aliphatic carbocycles. The molecule has 5 nitrogen and oxygen atoms in total. The van der Waals surface area contributed by atoms with Gasteiger partial charge in [-0.05, 0) is 22.5 Å². The maximum atomic E-state index is 5.79. The highest BCUT2D eigenvalue weighted by molar-refractivity contribution is 9.10. The van der Waals surface area contributed by atoms with Gasteiger partial charge in [0.25, 0.3) is 0 Å². The van der Waals surface area contributed by atoms with E-state index in [0.29, 0.717) is 11.2 Å². The number of H-pyrrole nitrogens is 1. The van der Waals surface area contributed by atoms with Gasteiger partial charge in [-0.1, -0.05) is 19.1 Å². The second kappa shape index (κ2) is 6.90. The van der Waals surface area contributed by atoms with Gasteiger partial charge in [0.1, 0.15) is 16.6 Å². The maximum Gasteiger partial charge on any atom is 0.144 e. The number of aromatic nitrogens is 2. The molecule has 1 aliphatic rings. The number of morpholine rings is 1. The van der Waals surface area contributed by atoms with E-state index in [4.69, 9.17) is 21.7 Å². The van der Waals surface area contributed by atoms with Crippen LogP contribution in [-0.4, -0.2) is 48.2 Å². The van der Waals surface area contributed by atoms with Crippen LogP contribution < -0.4 is 0 Å². The predicted octanol–water partition coefficient (Wildman–Crippen LogP) is 2.44. The normalized spacial score (nSPS) is 20.7. The third kappa shape index (κ3) is 3.61. The van der Waals surface area contributed by atoms with Crippen LogP contribution >= 0.6 is 28.1 Å². The van der Waals surface area contributed by atoms with E-state index in [9.17, 15) is 0 Å². The number of halogens is 1. The van der Waals surface area contributed by atoms with Crippen LogP contribution in [0.2, 0.25) is 0 Å². The summed E-state index contributed by atoms with van der Waals surface area (Å²) in [5.74, 6) is 0.776. The molecular formula is C12H18BrN3O2S. The minimum absolute atomic E-state index is 0.0564. The molecule has 1 aliphatic heterocycles. The van der Waals surface area contributed by atoms with Crippen molar-refractivity contribution in [2.24, 2.45) is 0 Å². The van der Waals surface area contributed by atoms with Crippen molar-refractivity contribution in [2.45, 2.75) is 19.6 Å². The minimum atomic E-state index is -0.0564. The Morgan fingerprint density at radius 3 is 3.11 bits per heavy atom. The number of hydrogen-bond donors (Lipinski definition) is 1. The molecule has 0 bridgehead atoms. The van der Waals surface area contributed by atoms with Crippen LogP contribution in [0.3, 0.4) is 0 Å². The van der Waals surface area contributed by atoms with Crippen LogP contribution in [0.4, 0.5) is 0 Å². The highest BCUT2D eigenvalue weighted by Gasteiger charge is 2.23. The van der Waals surface area contributed by atoms with E-state index in [-0.39, 0.29) is 6.10 Å². The van der Waals surface area contributed by atoms with Crippen molar-refractivity contribution in [3.8, 4) is 0 Å². The Balaban J connectivity index is 2.26. The first-order valence-electron chi connectivity index (χ1n) is 6.27. The number of likely N-dealkylation sites (N-methyl/N-ethyl adjacent to an activating group) is 1. The van der Waals surface area contributed by atoms with Gasteiger partial charge < -0.3 is 14.5 Å². The Hall–Kier alpha value is -0.340. The number of rotatable bonds is 4. The molecule has 1 fully saturated rings. The molecule has 0 spiro atoms. The molecule has 1 N–H and O–H groups in total. The summed E-state index contributed by atoms with van der Waals surface area (Å²) in [6.45, 7) is 6.15. The van der Waals surface area contributed by atoms with E-state index in [0.717, 1.165) is 42.2 Å². The summed E-state index contributed by atoms with van der Waals surface area (Å²) < 4.78 is 12.3. The van der Waals surface area contributed by atoms with Gasteiger partial charge in [-0.25, -0.2) is 4.98 Å². The molecule has 1 aromatic heterocycles. The zero-order valence-electron chi connectivity index (χ0n) is 11.1. The molecule has 0 radical (unpaired) electrons. The zero-order valence-corrected chi connectivity index (χ0v) is 13.5. The number of ether oxygens (including phenoxy) is 2. The van der Waals surface area contributed by atoms with E-state index >= 15 is 0 Å². The SMILES string of the molecule is CCN1CCOC(c2nc(=S)c(Br)c(COC)[nH]2)C1. The van der Waals surface area contributed by atoms with E-state index in [1.807, 2.05) is 0 Å². The summed E-state index contributed by atoms with van der Waals surface area (Å²) in [6, 6.07) is 0. The largest absolute Gasteiger partial charge is 0.378 e. The van der Waals surface area contributed by atoms with E-state index in [1.54, 1.807) is 7.11 Å². The molecule has 1 unspecified atom stereocenters. The molecule has 0 amide bonds. The summed E-state index contributed by atoms with van der Waals surface area (Å²) in [4.78, 5) is 10.0. The van der Waals surface area contributed by atoms with Crippen LogP contribution in [0.1, 0.15) is 24.5 Å². The second-order valence-corrected chi connectivity index (χ2v) is 5.59. The fraction of sp³-hybridized carbons (Fsp3) is 0.667. The summed E-state index contributed by atoms with van der Waals surface area (Å²) in [6.07, 6.45) is -0.0564. The van der Waals surface area contributed by atoms with Crippen molar-refractivity contribution in [1.29, 1.82) is 0 Å². The maximum absolute atomic E-state index is 5.79. The fourth-order valence-corrected chi connectivity index (χ4v) is 2.60. The Morgan fingerprint density at radius 1 is 1.63 bits per heavy atom. The topological polar surface area (TPSA) is 50.4 Å². The van der Waals surface area contributed by atoms with Gasteiger partial charge in [0.15, 0.2) is 0 Å². The van der Waals surface area contributed by atoms with Gasteiger partial charge in [-0.3, -0.25) is 4.90 Å². The highest BCUT2D eigenvalue weighted by Crippen LogP contribution is 2.23. The van der Waals surface area contributed by atoms with Crippen molar-refractivity contribution >= 4 is 28.1 Å². The number of hydrogen-bond acceptors (Lipinski definition) is 5. The van der Waals surface area contributed by atoms with Gasteiger partial charge in [-0.2, -0.15) is 0 Å². The molecule has 2 rings (SSSR count).